The zero-order valence-electron chi connectivity index (χ0n) is 21.2. The molecule has 1 atom stereocenters. The first-order valence-corrected chi connectivity index (χ1v) is 12.7. The highest BCUT2D eigenvalue weighted by atomic mass is 16.5. The molecule has 0 saturated heterocycles. The molecule has 3 aromatic rings. The Morgan fingerprint density at radius 1 is 0.857 bits per heavy atom. The summed E-state index contributed by atoms with van der Waals surface area (Å²) in [5.74, 6) is 0. The van der Waals surface area contributed by atoms with Crippen LogP contribution in [0.3, 0.4) is 0 Å². The molecule has 0 spiro atoms. The van der Waals surface area contributed by atoms with Crippen LogP contribution in [-0.2, 0) is 4.74 Å². The summed E-state index contributed by atoms with van der Waals surface area (Å²) in [5, 5.41) is 0. The third kappa shape index (κ3) is 9.14. The third-order valence-corrected chi connectivity index (χ3v) is 5.86. The van der Waals surface area contributed by atoms with E-state index in [9.17, 15) is 0 Å². The molecule has 184 valence electrons. The van der Waals surface area contributed by atoms with Gasteiger partial charge < -0.3 is 9.47 Å². The molecule has 0 fully saturated rings. The monoisotopic (exact) mass is 470 g/mol. The van der Waals surface area contributed by atoms with Crippen LogP contribution in [0.1, 0.15) is 57.9 Å². The largest absolute Gasteiger partial charge is 0.459 e. The van der Waals surface area contributed by atoms with Gasteiger partial charge in [-0.2, -0.15) is 0 Å². The lowest BCUT2D eigenvalue weighted by atomic mass is 10.0. The molecule has 0 amide bonds. The quantitative estimate of drug-likeness (QED) is 0.166. The molecule has 1 heterocycles. The van der Waals surface area contributed by atoms with E-state index in [1.807, 2.05) is 0 Å². The Morgan fingerprint density at radius 3 is 2.11 bits per heavy atom. The van der Waals surface area contributed by atoms with Crippen LogP contribution in [0.5, 0.6) is 6.01 Å². The van der Waals surface area contributed by atoms with Gasteiger partial charge in [-0.3, -0.25) is 0 Å². The maximum absolute atomic E-state index is 5.88. The third-order valence-electron chi connectivity index (χ3n) is 5.86. The van der Waals surface area contributed by atoms with Crippen LogP contribution in [0, 0.1) is 0 Å². The van der Waals surface area contributed by atoms with Crippen LogP contribution in [-0.4, -0.2) is 29.3 Å². The van der Waals surface area contributed by atoms with Crippen LogP contribution in [0.25, 0.3) is 28.3 Å². The fourth-order valence-corrected chi connectivity index (χ4v) is 3.78. The smallest absolute Gasteiger partial charge is 0.316 e. The van der Waals surface area contributed by atoms with Gasteiger partial charge in [0.15, 0.2) is 0 Å². The molecule has 3 rings (SSSR count). The maximum atomic E-state index is 5.88. The van der Waals surface area contributed by atoms with E-state index in [-0.39, 0.29) is 0 Å². The zero-order chi connectivity index (χ0) is 24.7. The standard InChI is InChI=1S/C31H38N2O2/c1-4-6-10-22-34-25(3)11-8-7-9-12-26-13-15-27(16-14-26)28-17-19-29(20-18-28)30-23-32-31(33-24-30)35-21-5-2/h5,9,12-20,23-25H,2,4,6-8,10-11,21-22H2,1,3H3/b12-9+. The molecule has 0 aliphatic heterocycles. The van der Waals surface area contributed by atoms with E-state index in [2.05, 4.69) is 91.1 Å². The maximum Gasteiger partial charge on any atom is 0.316 e. The van der Waals surface area contributed by atoms with Crippen molar-refractivity contribution in [2.24, 2.45) is 0 Å². The minimum atomic E-state index is 0.356. The van der Waals surface area contributed by atoms with Gasteiger partial charge in [-0.15, -0.1) is 0 Å². The molecule has 35 heavy (non-hydrogen) atoms. The van der Waals surface area contributed by atoms with Crippen molar-refractivity contribution in [3.05, 3.63) is 85.2 Å². The van der Waals surface area contributed by atoms with Gasteiger partial charge in [-0.1, -0.05) is 93.1 Å². The average Bonchev–Trinajstić information content (AvgIpc) is 2.90. The van der Waals surface area contributed by atoms with Crippen molar-refractivity contribution < 1.29 is 9.47 Å². The number of aromatic nitrogens is 2. The number of hydrogen-bond acceptors (Lipinski definition) is 4. The Morgan fingerprint density at radius 2 is 1.49 bits per heavy atom. The SMILES string of the molecule is C=CCOc1ncc(-c2ccc(-c3ccc(/C=C/CCCC(C)OCCCCC)cc3)cc2)cn1. The number of rotatable bonds is 15. The zero-order valence-corrected chi connectivity index (χ0v) is 21.2. The van der Waals surface area contributed by atoms with Crippen molar-refractivity contribution in [3.8, 4) is 28.3 Å². The topological polar surface area (TPSA) is 44.2 Å². The molecule has 0 aliphatic carbocycles. The minimum Gasteiger partial charge on any atom is -0.459 e. The van der Waals surface area contributed by atoms with E-state index in [1.54, 1.807) is 18.5 Å². The summed E-state index contributed by atoms with van der Waals surface area (Å²) in [6.45, 7) is 9.33. The van der Waals surface area contributed by atoms with E-state index < -0.39 is 0 Å². The fraction of sp³-hybridized carbons (Fsp3) is 0.355. The second-order valence-electron chi connectivity index (χ2n) is 8.78. The van der Waals surface area contributed by atoms with Gasteiger partial charge in [0.1, 0.15) is 6.61 Å². The molecular formula is C31H38N2O2. The lowest BCUT2D eigenvalue weighted by molar-refractivity contribution is 0.0566. The predicted molar refractivity (Wildman–Crippen MR) is 146 cm³/mol. The van der Waals surface area contributed by atoms with E-state index in [0.717, 1.165) is 37.0 Å². The predicted octanol–water partition coefficient (Wildman–Crippen LogP) is 8.15. The fourth-order valence-electron chi connectivity index (χ4n) is 3.78. The number of unbranched alkanes of at least 4 members (excludes halogenated alkanes) is 3. The Bertz CT molecular complexity index is 1030. The van der Waals surface area contributed by atoms with Gasteiger partial charge in [-0.05, 0) is 54.9 Å². The number of hydrogen-bond donors (Lipinski definition) is 0. The molecule has 2 aromatic carbocycles. The Balaban J connectivity index is 1.45. The van der Waals surface area contributed by atoms with Gasteiger partial charge in [-0.25, -0.2) is 9.97 Å². The molecule has 4 nitrogen and oxygen atoms in total. The first-order chi connectivity index (χ1) is 17.2. The Labute approximate surface area is 210 Å². The number of benzene rings is 2. The van der Waals surface area contributed by atoms with Crippen molar-refractivity contribution in [2.45, 2.75) is 58.5 Å². The molecule has 0 N–H and O–H groups in total. The van der Waals surface area contributed by atoms with E-state index in [4.69, 9.17) is 9.47 Å². The summed E-state index contributed by atoms with van der Waals surface area (Å²) in [7, 11) is 0. The molecule has 0 radical (unpaired) electrons. The highest BCUT2D eigenvalue weighted by molar-refractivity contribution is 5.70. The Kier molecular flexibility index (Phi) is 11.2. The van der Waals surface area contributed by atoms with Gasteiger partial charge in [0.2, 0.25) is 0 Å². The van der Waals surface area contributed by atoms with Gasteiger partial charge >= 0.3 is 6.01 Å². The molecule has 0 bridgehead atoms. The summed E-state index contributed by atoms with van der Waals surface area (Å²) >= 11 is 0. The van der Waals surface area contributed by atoms with Crippen LogP contribution in [0.4, 0.5) is 0 Å². The van der Waals surface area contributed by atoms with Crippen molar-refractivity contribution in [2.75, 3.05) is 13.2 Å². The molecule has 0 saturated carbocycles. The molecule has 1 unspecified atom stereocenters. The number of nitrogens with zero attached hydrogens (tertiary/aromatic N) is 2. The van der Waals surface area contributed by atoms with E-state index in [1.165, 1.54) is 36.0 Å². The lowest BCUT2D eigenvalue weighted by Gasteiger charge is -2.12. The van der Waals surface area contributed by atoms with Crippen LogP contribution >= 0.6 is 0 Å². The highest BCUT2D eigenvalue weighted by Crippen LogP contribution is 2.25. The summed E-state index contributed by atoms with van der Waals surface area (Å²) in [5.41, 5.74) is 5.64. The lowest BCUT2D eigenvalue weighted by Crippen LogP contribution is -2.08. The molecule has 1 aromatic heterocycles. The van der Waals surface area contributed by atoms with Crippen LogP contribution < -0.4 is 4.74 Å². The van der Waals surface area contributed by atoms with Gasteiger partial charge in [0.25, 0.3) is 0 Å². The first-order valence-electron chi connectivity index (χ1n) is 12.7. The van der Waals surface area contributed by atoms with E-state index in [0.29, 0.717) is 18.7 Å². The van der Waals surface area contributed by atoms with E-state index >= 15 is 0 Å². The highest BCUT2D eigenvalue weighted by Gasteiger charge is 2.04. The number of ether oxygens (including phenoxy) is 2. The summed E-state index contributed by atoms with van der Waals surface area (Å²) in [4.78, 5) is 8.50. The van der Waals surface area contributed by atoms with Crippen molar-refractivity contribution in [3.63, 3.8) is 0 Å². The molecule has 0 aliphatic rings. The molecule has 4 heteroatoms. The second-order valence-corrected chi connectivity index (χ2v) is 8.78. The van der Waals surface area contributed by atoms with Crippen molar-refractivity contribution in [1.29, 1.82) is 0 Å². The Hall–Kier alpha value is -3.24. The van der Waals surface area contributed by atoms with Crippen LogP contribution in [0.2, 0.25) is 0 Å². The molecular weight excluding hydrogens is 432 g/mol. The summed E-state index contributed by atoms with van der Waals surface area (Å²) < 4.78 is 11.2. The summed E-state index contributed by atoms with van der Waals surface area (Å²) in [6, 6.07) is 17.5. The van der Waals surface area contributed by atoms with Crippen molar-refractivity contribution >= 4 is 6.08 Å². The second kappa shape index (κ2) is 14.9. The summed E-state index contributed by atoms with van der Waals surface area (Å²) in [6.07, 6.45) is 17.1. The minimum absolute atomic E-state index is 0.356. The first kappa shape index (κ1) is 26.4. The van der Waals surface area contributed by atoms with Gasteiger partial charge in [0.05, 0.1) is 6.10 Å². The average molecular weight is 471 g/mol. The van der Waals surface area contributed by atoms with Crippen LogP contribution in [0.15, 0.2) is 79.7 Å². The van der Waals surface area contributed by atoms with Crippen molar-refractivity contribution in [1.82, 2.24) is 9.97 Å². The normalized spacial score (nSPS) is 12.1. The number of allylic oxidation sites excluding steroid dienone is 1. The van der Waals surface area contributed by atoms with Gasteiger partial charge in [0, 0.05) is 24.6 Å².